The second kappa shape index (κ2) is 18.3. The van der Waals surface area contributed by atoms with Gasteiger partial charge in [0.2, 0.25) is 5.91 Å². The number of amides is 1. The minimum atomic E-state index is 0. The zero-order valence-electron chi connectivity index (χ0n) is 8.85. The standard InChI is InChI=1S/C5H11NO.C3H8O.BH4.Na/c1-4(2)6-5(3)7;1-2-3-4;;/h4H,1-3H3,(H,6,7);4H,2-3H2,1H3;1H4;/q;;-1;+1. The van der Waals surface area contributed by atoms with Crippen molar-refractivity contribution >= 4 is 14.3 Å². The van der Waals surface area contributed by atoms with Gasteiger partial charge in [-0.3, -0.25) is 4.79 Å². The number of carbonyl (C=O) groups excluding carboxylic acids is 1. The Labute approximate surface area is 106 Å². The maximum Gasteiger partial charge on any atom is 1.00 e. The molecule has 1 amide bonds. The fourth-order valence-corrected chi connectivity index (χ4v) is 0.407. The van der Waals surface area contributed by atoms with E-state index in [2.05, 4.69) is 5.32 Å². The average molecular weight is 199 g/mol. The predicted octanol–water partition coefficient (Wildman–Crippen LogP) is -3.53. The van der Waals surface area contributed by atoms with E-state index in [-0.39, 0.29) is 49.9 Å². The monoisotopic (exact) mass is 199 g/mol. The smallest absolute Gasteiger partial charge is 0.396 e. The van der Waals surface area contributed by atoms with Crippen molar-refractivity contribution in [2.24, 2.45) is 0 Å². The summed E-state index contributed by atoms with van der Waals surface area (Å²) in [4.78, 5) is 10.1. The van der Waals surface area contributed by atoms with Crippen LogP contribution >= 0.6 is 0 Å². The van der Waals surface area contributed by atoms with E-state index in [0.29, 0.717) is 6.61 Å². The Morgan fingerprint density at radius 2 is 1.77 bits per heavy atom. The van der Waals surface area contributed by atoms with Gasteiger partial charge in [0.25, 0.3) is 0 Å². The zero-order chi connectivity index (χ0) is 9.28. The molecule has 0 aliphatic carbocycles. The molecule has 0 saturated heterocycles. The Morgan fingerprint density at radius 3 is 1.77 bits per heavy atom. The molecule has 0 aromatic heterocycles. The van der Waals surface area contributed by atoms with Crippen LogP contribution in [0.1, 0.15) is 34.1 Å². The van der Waals surface area contributed by atoms with E-state index in [4.69, 9.17) is 5.11 Å². The fraction of sp³-hybridized carbons (Fsp3) is 0.875. The zero-order valence-corrected chi connectivity index (χ0v) is 10.8. The van der Waals surface area contributed by atoms with Gasteiger partial charge in [0.1, 0.15) is 0 Å². The molecule has 0 heterocycles. The van der Waals surface area contributed by atoms with Crippen LogP contribution in [-0.4, -0.2) is 32.1 Å². The number of hydrogen-bond donors (Lipinski definition) is 2. The van der Waals surface area contributed by atoms with Gasteiger partial charge in [-0.2, -0.15) is 0 Å². The van der Waals surface area contributed by atoms with E-state index in [1.807, 2.05) is 20.8 Å². The van der Waals surface area contributed by atoms with E-state index >= 15 is 0 Å². The summed E-state index contributed by atoms with van der Waals surface area (Å²) >= 11 is 0. The van der Waals surface area contributed by atoms with E-state index in [9.17, 15) is 4.79 Å². The molecule has 0 rings (SSSR count). The molecule has 5 heteroatoms. The third-order valence-electron chi connectivity index (χ3n) is 0.716. The molecular weight excluding hydrogens is 176 g/mol. The van der Waals surface area contributed by atoms with Crippen LogP contribution in [0.15, 0.2) is 0 Å². The van der Waals surface area contributed by atoms with Gasteiger partial charge in [-0.15, -0.1) is 0 Å². The van der Waals surface area contributed by atoms with Gasteiger partial charge in [-0.05, 0) is 20.3 Å². The molecule has 13 heavy (non-hydrogen) atoms. The maximum absolute atomic E-state index is 10.1. The van der Waals surface area contributed by atoms with Crippen LogP contribution < -0.4 is 34.9 Å². The number of aliphatic hydroxyl groups is 1. The summed E-state index contributed by atoms with van der Waals surface area (Å²) in [6, 6.07) is 0.275. The van der Waals surface area contributed by atoms with Crippen molar-refractivity contribution in [1.82, 2.24) is 5.32 Å². The van der Waals surface area contributed by atoms with Crippen molar-refractivity contribution < 1.29 is 39.5 Å². The van der Waals surface area contributed by atoms with Crippen LogP contribution in [0.3, 0.4) is 0 Å². The van der Waals surface area contributed by atoms with Crippen LogP contribution in [0.5, 0.6) is 0 Å². The Kier molecular flexibility index (Phi) is 32.9. The maximum atomic E-state index is 10.1. The average Bonchev–Trinajstić information content (AvgIpc) is 1.85. The summed E-state index contributed by atoms with van der Waals surface area (Å²) in [5.41, 5.74) is 0. The van der Waals surface area contributed by atoms with Crippen molar-refractivity contribution in [3.63, 3.8) is 0 Å². The van der Waals surface area contributed by atoms with Crippen molar-refractivity contribution in [3.05, 3.63) is 0 Å². The Morgan fingerprint density at radius 1 is 1.46 bits per heavy atom. The van der Waals surface area contributed by atoms with Gasteiger partial charge in [0, 0.05) is 19.6 Å². The predicted molar refractivity (Wildman–Crippen MR) is 57.7 cm³/mol. The quantitative estimate of drug-likeness (QED) is 0.453. The van der Waals surface area contributed by atoms with Gasteiger partial charge in [0.15, 0.2) is 0 Å². The Hall–Kier alpha value is 0.495. The summed E-state index contributed by atoms with van der Waals surface area (Å²) in [5, 5.41) is 10.5. The minimum Gasteiger partial charge on any atom is -0.396 e. The van der Waals surface area contributed by atoms with Crippen LogP contribution in [0.2, 0.25) is 0 Å². The van der Waals surface area contributed by atoms with Gasteiger partial charge >= 0.3 is 29.6 Å². The molecule has 0 unspecified atom stereocenters. The summed E-state index contributed by atoms with van der Waals surface area (Å²) < 4.78 is 0. The normalized spacial score (nSPS) is 7.23. The van der Waals surface area contributed by atoms with Crippen LogP contribution in [0, 0.1) is 0 Å². The van der Waals surface area contributed by atoms with Crippen LogP contribution in [0.25, 0.3) is 0 Å². The molecule has 3 nitrogen and oxygen atoms in total. The fourth-order valence-electron chi connectivity index (χ4n) is 0.407. The Balaban J connectivity index is -0.0000000600. The van der Waals surface area contributed by atoms with Gasteiger partial charge in [-0.1, -0.05) is 15.3 Å². The molecule has 0 fully saturated rings. The first-order valence-electron chi connectivity index (χ1n) is 3.92. The first kappa shape index (κ1) is 23.4. The molecule has 0 spiro atoms. The molecule has 0 aromatic carbocycles. The number of aliphatic hydroxyl groups excluding tert-OH is 1. The van der Waals surface area contributed by atoms with Gasteiger partial charge in [0.05, 0.1) is 0 Å². The molecule has 76 valence electrons. The van der Waals surface area contributed by atoms with E-state index in [1.54, 1.807) is 0 Å². The second-order valence-electron chi connectivity index (χ2n) is 2.58. The number of hydrogen-bond acceptors (Lipinski definition) is 2. The third-order valence-corrected chi connectivity index (χ3v) is 0.716. The van der Waals surface area contributed by atoms with Crippen molar-refractivity contribution in [2.75, 3.05) is 6.61 Å². The molecule has 0 aliphatic heterocycles. The molecule has 2 N–H and O–H groups in total. The minimum absolute atomic E-state index is 0. The molecule has 0 atom stereocenters. The third kappa shape index (κ3) is 45.6. The summed E-state index contributed by atoms with van der Waals surface area (Å²) in [7, 11) is 0. The van der Waals surface area contributed by atoms with Crippen LogP contribution in [-0.2, 0) is 4.79 Å². The van der Waals surface area contributed by atoms with Gasteiger partial charge < -0.3 is 10.4 Å². The molecule has 0 aliphatic rings. The van der Waals surface area contributed by atoms with Crippen molar-refractivity contribution in [3.8, 4) is 0 Å². The molecule has 0 bridgehead atoms. The number of rotatable bonds is 2. The summed E-state index contributed by atoms with van der Waals surface area (Å²) in [6.45, 7) is 7.63. The Bertz CT molecular complexity index is 100. The topological polar surface area (TPSA) is 49.3 Å². The summed E-state index contributed by atoms with van der Waals surface area (Å²) in [5.74, 6) is 0.0370. The van der Waals surface area contributed by atoms with Crippen molar-refractivity contribution in [1.29, 1.82) is 0 Å². The largest absolute Gasteiger partial charge is 1.00 e. The molecule has 0 radical (unpaired) electrons. The van der Waals surface area contributed by atoms with E-state index in [0.717, 1.165) is 6.42 Å². The SMILES string of the molecule is CC(=O)NC(C)C.CCCO.[BH4-].[Na+]. The number of nitrogens with one attached hydrogen (secondary N) is 1. The summed E-state index contributed by atoms with van der Waals surface area (Å²) in [6.07, 6.45) is 0.875. The first-order valence-corrected chi connectivity index (χ1v) is 3.92. The molecular formula is C8H23BNNaO2. The van der Waals surface area contributed by atoms with Crippen molar-refractivity contribution in [2.45, 2.75) is 40.2 Å². The van der Waals surface area contributed by atoms with E-state index < -0.39 is 0 Å². The molecule has 0 aromatic rings. The molecule has 0 saturated carbocycles. The van der Waals surface area contributed by atoms with Crippen LogP contribution in [0.4, 0.5) is 0 Å². The number of carbonyl (C=O) groups is 1. The second-order valence-corrected chi connectivity index (χ2v) is 2.58. The van der Waals surface area contributed by atoms with Gasteiger partial charge in [-0.25, -0.2) is 0 Å². The first-order chi connectivity index (χ1) is 5.04. The van der Waals surface area contributed by atoms with E-state index in [1.165, 1.54) is 6.92 Å².